The van der Waals surface area contributed by atoms with Gasteiger partial charge in [0, 0.05) is 20.1 Å². The van der Waals surface area contributed by atoms with Crippen LogP contribution in [0, 0.1) is 0 Å². The molecule has 0 saturated heterocycles. The molecule has 5 heteroatoms. The lowest BCUT2D eigenvalue weighted by molar-refractivity contribution is 0.174. The maximum absolute atomic E-state index is 5.48. The van der Waals surface area contributed by atoms with Gasteiger partial charge in [-0.05, 0) is 47.5 Å². The molecule has 126 valence electrons. The quantitative estimate of drug-likeness (QED) is 0.842. The maximum atomic E-state index is 5.48. The van der Waals surface area contributed by atoms with Crippen molar-refractivity contribution in [1.82, 2.24) is 10.2 Å². The number of nitrogens with one attached hydrogen (secondary N) is 1. The van der Waals surface area contributed by atoms with Crippen molar-refractivity contribution in [1.29, 1.82) is 0 Å². The van der Waals surface area contributed by atoms with Crippen LogP contribution in [0.15, 0.2) is 42.5 Å². The van der Waals surface area contributed by atoms with Crippen molar-refractivity contribution in [2.24, 2.45) is 0 Å². The molecule has 24 heavy (non-hydrogen) atoms. The molecule has 3 rings (SSSR count). The predicted molar refractivity (Wildman–Crippen MR) is 99.3 cm³/mol. The van der Waals surface area contributed by atoms with Crippen LogP contribution in [0.1, 0.15) is 23.6 Å². The summed E-state index contributed by atoms with van der Waals surface area (Å²) in [5.41, 5.74) is 3.72. The van der Waals surface area contributed by atoms with Crippen LogP contribution >= 0.6 is 12.2 Å². The normalized spacial score (nSPS) is 12.1. The SMILES string of the molecule is CCc1ccc(CN(C)C(=S)NCc2ccc3c(c2)OCO3)cc1. The Morgan fingerprint density at radius 2 is 1.71 bits per heavy atom. The molecule has 0 saturated carbocycles. The Morgan fingerprint density at radius 1 is 1.04 bits per heavy atom. The van der Waals surface area contributed by atoms with Crippen LogP contribution < -0.4 is 14.8 Å². The number of nitrogens with zero attached hydrogens (tertiary/aromatic N) is 1. The standard InChI is InChI=1S/C19H22N2O2S/c1-3-14-4-6-15(7-5-14)12-21(2)19(24)20-11-16-8-9-17-18(10-16)23-13-22-17/h4-10H,3,11-13H2,1-2H3,(H,20,24). The van der Waals surface area contributed by atoms with E-state index in [4.69, 9.17) is 21.7 Å². The topological polar surface area (TPSA) is 33.7 Å². The van der Waals surface area contributed by atoms with Gasteiger partial charge in [-0.15, -0.1) is 0 Å². The fraction of sp³-hybridized carbons (Fsp3) is 0.316. The summed E-state index contributed by atoms with van der Waals surface area (Å²) in [4.78, 5) is 2.04. The molecule has 0 fully saturated rings. The van der Waals surface area contributed by atoms with Crippen molar-refractivity contribution in [2.45, 2.75) is 26.4 Å². The van der Waals surface area contributed by atoms with Crippen molar-refractivity contribution in [3.8, 4) is 11.5 Å². The van der Waals surface area contributed by atoms with E-state index >= 15 is 0 Å². The van der Waals surface area contributed by atoms with E-state index in [0.717, 1.165) is 35.1 Å². The van der Waals surface area contributed by atoms with E-state index in [0.29, 0.717) is 13.3 Å². The molecule has 0 spiro atoms. The zero-order valence-corrected chi connectivity index (χ0v) is 14.9. The molecule has 0 unspecified atom stereocenters. The van der Waals surface area contributed by atoms with Gasteiger partial charge in [-0.25, -0.2) is 0 Å². The van der Waals surface area contributed by atoms with Gasteiger partial charge < -0.3 is 19.7 Å². The number of rotatable bonds is 5. The molecule has 1 aliphatic rings. The Hall–Kier alpha value is -2.27. The van der Waals surface area contributed by atoms with Crippen LogP contribution in [-0.2, 0) is 19.5 Å². The second-order valence-corrected chi connectivity index (χ2v) is 6.26. The van der Waals surface area contributed by atoms with Crippen LogP contribution in [0.2, 0.25) is 0 Å². The Labute approximate surface area is 148 Å². The average molecular weight is 342 g/mol. The summed E-state index contributed by atoms with van der Waals surface area (Å²) in [7, 11) is 2.00. The minimum atomic E-state index is 0.296. The highest BCUT2D eigenvalue weighted by atomic mass is 32.1. The molecular weight excluding hydrogens is 320 g/mol. The van der Waals surface area contributed by atoms with E-state index in [-0.39, 0.29) is 0 Å². The summed E-state index contributed by atoms with van der Waals surface area (Å²) in [6.45, 7) is 3.91. The van der Waals surface area contributed by atoms with Gasteiger partial charge in [0.05, 0.1) is 0 Å². The molecule has 1 aliphatic heterocycles. The zero-order chi connectivity index (χ0) is 16.9. The molecule has 2 aromatic carbocycles. The smallest absolute Gasteiger partial charge is 0.231 e. The summed E-state index contributed by atoms with van der Waals surface area (Å²) < 4.78 is 10.7. The van der Waals surface area contributed by atoms with Crippen LogP contribution in [0.25, 0.3) is 0 Å². The van der Waals surface area contributed by atoms with E-state index in [1.54, 1.807) is 0 Å². The van der Waals surface area contributed by atoms with Gasteiger partial charge in [0.1, 0.15) is 0 Å². The molecule has 1 heterocycles. The monoisotopic (exact) mass is 342 g/mol. The van der Waals surface area contributed by atoms with Gasteiger partial charge >= 0.3 is 0 Å². The fourth-order valence-electron chi connectivity index (χ4n) is 2.59. The third-order valence-electron chi connectivity index (χ3n) is 4.08. The molecule has 0 aliphatic carbocycles. The molecule has 1 N–H and O–H groups in total. The largest absolute Gasteiger partial charge is 0.454 e. The first-order chi connectivity index (χ1) is 11.7. The molecule has 0 radical (unpaired) electrons. The maximum Gasteiger partial charge on any atom is 0.231 e. The van der Waals surface area contributed by atoms with Gasteiger partial charge in [0.25, 0.3) is 0 Å². The first-order valence-corrected chi connectivity index (χ1v) is 8.52. The number of ether oxygens (including phenoxy) is 2. The third kappa shape index (κ3) is 3.97. The summed E-state index contributed by atoms with van der Waals surface area (Å²) in [5.74, 6) is 1.60. The first-order valence-electron chi connectivity index (χ1n) is 8.11. The summed E-state index contributed by atoms with van der Waals surface area (Å²) in [6.07, 6.45) is 1.06. The highest BCUT2D eigenvalue weighted by Crippen LogP contribution is 2.32. The minimum absolute atomic E-state index is 0.296. The number of fused-ring (bicyclic) bond motifs is 1. The van der Waals surface area contributed by atoms with Crippen molar-refractivity contribution >= 4 is 17.3 Å². The lowest BCUT2D eigenvalue weighted by Crippen LogP contribution is -2.36. The Bertz CT molecular complexity index is 716. The second-order valence-electron chi connectivity index (χ2n) is 5.87. The highest BCUT2D eigenvalue weighted by molar-refractivity contribution is 7.80. The number of aryl methyl sites for hydroxylation is 1. The van der Waals surface area contributed by atoms with Crippen molar-refractivity contribution < 1.29 is 9.47 Å². The van der Waals surface area contributed by atoms with Crippen LogP contribution in [0.3, 0.4) is 0 Å². The summed E-state index contributed by atoms with van der Waals surface area (Å²) in [5, 5.41) is 4.02. The van der Waals surface area contributed by atoms with E-state index < -0.39 is 0 Å². The average Bonchev–Trinajstić information content (AvgIpc) is 3.08. The Balaban J connectivity index is 1.52. The molecule has 0 atom stereocenters. The van der Waals surface area contributed by atoms with Gasteiger partial charge in [-0.3, -0.25) is 0 Å². The molecule has 4 nitrogen and oxygen atoms in total. The van der Waals surface area contributed by atoms with E-state index in [2.05, 4.69) is 36.5 Å². The summed E-state index contributed by atoms with van der Waals surface area (Å²) in [6, 6.07) is 14.6. The highest BCUT2D eigenvalue weighted by Gasteiger charge is 2.13. The van der Waals surface area contributed by atoms with Crippen molar-refractivity contribution in [3.63, 3.8) is 0 Å². The number of benzene rings is 2. The molecule has 0 aromatic heterocycles. The van der Waals surface area contributed by atoms with Crippen LogP contribution in [0.5, 0.6) is 11.5 Å². The Morgan fingerprint density at radius 3 is 2.46 bits per heavy atom. The van der Waals surface area contributed by atoms with E-state index in [1.807, 2.05) is 30.1 Å². The van der Waals surface area contributed by atoms with Crippen molar-refractivity contribution in [3.05, 3.63) is 59.2 Å². The van der Waals surface area contributed by atoms with Gasteiger partial charge in [-0.1, -0.05) is 37.3 Å². The van der Waals surface area contributed by atoms with Gasteiger partial charge in [0.2, 0.25) is 6.79 Å². The lowest BCUT2D eigenvalue weighted by atomic mass is 10.1. The van der Waals surface area contributed by atoms with Gasteiger partial charge in [-0.2, -0.15) is 0 Å². The number of hydrogen-bond acceptors (Lipinski definition) is 3. The van der Waals surface area contributed by atoms with E-state index in [1.165, 1.54) is 11.1 Å². The molecule has 2 aromatic rings. The predicted octanol–water partition coefficient (Wildman–Crippen LogP) is 3.48. The van der Waals surface area contributed by atoms with Gasteiger partial charge in [0.15, 0.2) is 16.6 Å². The first kappa shape index (κ1) is 16.6. The Kier molecular flexibility index (Phi) is 5.20. The third-order valence-corrected chi connectivity index (χ3v) is 4.53. The fourth-order valence-corrected chi connectivity index (χ4v) is 2.73. The molecule has 0 bridgehead atoms. The zero-order valence-electron chi connectivity index (χ0n) is 14.0. The second kappa shape index (κ2) is 7.53. The molecular formula is C19H22N2O2S. The molecule has 0 amide bonds. The van der Waals surface area contributed by atoms with Crippen LogP contribution in [-0.4, -0.2) is 23.9 Å². The lowest BCUT2D eigenvalue weighted by Gasteiger charge is -2.21. The van der Waals surface area contributed by atoms with E-state index in [9.17, 15) is 0 Å². The minimum Gasteiger partial charge on any atom is -0.454 e. The summed E-state index contributed by atoms with van der Waals surface area (Å²) >= 11 is 5.48. The number of hydrogen-bond donors (Lipinski definition) is 1. The van der Waals surface area contributed by atoms with Crippen LogP contribution in [0.4, 0.5) is 0 Å². The van der Waals surface area contributed by atoms with Crippen molar-refractivity contribution in [2.75, 3.05) is 13.8 Å². The number of thiocarbonyl (C=S) groups is 1.